The minimum Gasteiger partial charge on any atom is -0.409 e. The van der Waals surface area contributed by atoms with Crippen molar-refractivity contribution < 1.29 is 5.21 Å². The smallest absolute Gasteiger partial charge is 0.171 e. The van der Waals surface area contributed by atoms with Crippen LogP contribution in [0.3, 0.4) is 0 Å². The molecule has 1 aromatic carbocycles. The molecular formula is C12H13BrN4OS. The summed E-state index contributed by atoms with van der Waals surface area (Å²) in [6, 6.07) is 7.65. The Morgan fingerprint density at radius 1 is 1.47 bits per heavy atom. The lowest BCUT2D eigenvalue weighted by Gasteiger charge is -2.08. The first-order valence-corrected chi connectivity index (χ1v) is 7.08. The number of hydrogen-bond donors (Lipinski definition) is 2. The van der Waals surface area contributed by atoms with Crippen molar-refractivity contribution in [2.24, 2.45) is 17.9 Å². The van der Waals surface area contributed by atoms with Crippen molar-refractivity contribution in [1.29, 1.82) is 0 Å². The van der Waals surface area contributed by atoms with Crippen LogP contribution >= 0.6 is 27.7 Å². The molecule has 1 heterocycles. The van der Waals surface area contributed by atoms with Crippen molar-refractivity contribution in [2.45, 2.75) is 16.8 Å². The van der Waals surface area contributed by atoms with Crippen molar-refractivity contribution in [3.05, 3.63) is 40.0 Å². The predicted octanol–water partition coefficient (Wildman–Crippen LogP) is 2.74. The standard InChI is InChI=1S/C12H13BrN4OS/c1-7-5-11(17(2)15-7)19-10-4-3-8(13)6-9(10)12(14)16-18/h3-6,18H,1-2H3,(H2,14,16). The van der Waals surface area contributed by atoms with E-state index in [0.29, 0.717) is 5.56 Å². The van der Waals surface area contributed by atoms with Crippen LogP contribution in [0, 0.1) is 6.92 Å². The van der Waals surface area contributed by atoms with E-state index in [-0.39, 0.29) is 5.84 Å². The molecule has 2 aromatic rings. The summed E-state index contributed by atoms with van der Waals surface area (Å²) in [4.78, 5) is 0.904. The quantitative estimate of drug-likeness (QED) is 0.390. The van der Waals surface area contributed by atoms with E-state index in [4.69, 9.17) is 10.9 Å². The van der Waals surface area contributed by atoms with Crippen molar-refractivity contribution in [2.75, 3.05) is 0 Å². The average molecular weight is 341 g/mol. The topological polar surface area (TPSA) is 76.4 Å². The molecule has 0 aliphatic carbocycles. The maximum Gasteiger partial charge on any atom is 0.171 e. The molecule has 7 heteroatoms. The van der Waals surface area contributed by atoms with Gasteiger partial charge in [-0.1, -0.05) is 32.8 Å². The number of oxime groups is 1. The molecule has 0 saturated carbocycles. The van der Waals surface area contributed by atoms with Crippen molar-refractivity contribution in [3.63, 3.8) is 0 Å². The number of benzene rings is 1. The summed E-state index contributed by atoms with van der Waals surface area (Å²) >= 11 is 4.90. The molecule has 100 valence electrons. The first-order chi connectivity index (χ1) is 9.01. The van der Waals surface area contributed by atoms with Gasteiger partial charge < -0.3 is 10.9 Å². The summed E-state index contributed by atoms with van der Waals surface area (Å²) in [6.07, 6.45) is 0. The predicted molar refractivity (Wildman–Crippen MR) is 78.7 cm³/mol. The molecule has 0 atom stereocenters. The fourth-order valence-corrected chi connectivity index (χ4v) is 3.04. The Kier molecular flexibility index (Phi) is 4.16. The molecule has 3 N–H and O–H groups in total. The normalized spacial score (nSPS) is 11.8. The van der Waals surface area contributed by atoms with Gasteiger partial charge in [0.2, 0.25) is 0 Å². The number of nitrogens with zero attached hydrogens (tertiary/aromatic N) is 3. The van der Waals surface area contributed by atoms with E-state index < -0.39 is 0 Å². The van der Waals surface area contributed by atoms with Crippen LogP contribution in [0.5, 0.6) is 0 Å². The zero-order chi connectivity index (χ0) is 14.0. The highest BCUT2D eigenvalue weighted by atomic mass is 79.9. The van der Waals surface area contributed by atoms with Crippen LogP contribution in [-0.2, 0) is 7.05 Å². The number of nitrogens with two attached hydrogens (primary N) is 1. The summed E-state index contributed by atoms with van der Waals surface area (Å²) in [5, 5.41) is 17.2. The van der Waals surface area contributed by atoms with Gasteiger partial charge in [-0.05, 0) is 31.2 Å². The van der Waals surface area contributed by atoms with E-state index in [2.05, 4.69) is 26.2 Å². The van der Waals surface area contributed by atoms with Gasteiger partial charge in [-0.25, -0.2) is 0 Å². The highest BCUT2D eigenvalue weighted by Crippen LogP contribution is 2.32. The molecule has 19 heavy (non-hydrogen) atoms. The van der Waals surface area contributed by atoms with Crippen LogP contribution < -0.4 is 5.73 Å². The maximum absolute atomic E-state index is 8.85. The number of aryl methyl sites for hydroxylation is 2. The lowest BCUT2D eigenvalue weighted by Crippen LogP contribution is -2.14. The van der Waals surface area contributed by atoms with E-state index in [1.165, 1.54) is 11.8 Å². The lowest BCUT2D eigenvalue weighted by molar-refractivity contribution is 0.318. The highest BCUT2D eigenvalue weighted by molar-refractivity contribution is 9.10. The number of amidine groups is 1. The molecule has 0 bridgehead atoms. The van der Waals surface area contributed by atoms with Crippen LogP contribution in [0.25, 0.3) is 0 Å². The van der Waals surface area contributed by atoms with Crippen LogP contribution in [0.15, 0.2) is 43.8 Å². The van der Waals surface area contributed by atoms with E-state index >= 15 is 0 Å². The fraction of sp³-hybridized carbons (Fsp3) is 0.167. The molecule has 1 aromatic heterocycles. The molecular weight excluding hydrogens is 328 g/mol. The third-order valence-corrected chi connectivity index (χ3v) is 4.16. The van der Waals surface area contributed by atoms with Crippen LogP contribution in [-0.4, -0.2) is 20.8 Å². The van der Waals surface area contributed by atoms with Gasteiger partial charge in [0.25, 0.3) is 0 Å². The Morgan fingerprint density at radius 3 is 2.79 bits per heavy atom. The third-order valence-electron chi connectivity index (χ3n) is 2.50. The molecule has 0 unspecified atom stereocenters. The number of halogens is 1. The van der Waals surface area contributed by atoms with Crippen LogP contribution in [0.4, 0.5) is 0 Å². The Hall–Kier alpha value is -1.47. The second kappa shape index (κ2) is 5.66. The van der Waals surface area contributed by atoms with Gasteiger partial charge in [-0.3, -0.25) is 4.68 Å². The Balaban J connectivity index is 2.42. The molecule has 5 nitrogen and oxygen atoms in total. The minimum absolute atomic E-state index is 0.0858. The molecule has 0 aliphatic heterocycles. The van der Waals surface area contributed by atoms with Gasteiger partial charge in [-0.15, -0.1) is 0 Å². The minimum atomic E-state index is 0.0858. The number of rotatable bonds is 3. The Morgan fingerprint density at radius 2 is 2.21 bits per heavy atom. The zero-order valence-electron chi connectivity index (χ0n) is 10.5. The monoisotopic (exact) mass is 340 g/mol. The van der Waals surface area contributed by atoms with Crippen molar-refractivity contribution in [1.82, 2.24) is 9.78 Å². The van der Waals surface area contributed by atoms with Gasteiger partial charge in [0.1, 0.15) is 0 Å². The van der Waals surface area contributed by atoms with Gasteiger partial charge in [0, 0.05) is 22.0 Å². The summed E-state index contributed by atoms with van der Waals surface area (Å²) in [5.41, 5.74) is 7.34. The first-order valence-electron chi connectivity index (χ1n) is 5.47. The molecule has 0 aliphatic rings. The Labute approximate surface area is 123 Å². The number of aromatic nitrogens is 2. The first kappa shape index (κ1) is 14.0. The summed E-state index contributed by atoms with van der Waals surface area (Å²) in [7, 11) is 1.89. The summed E-state index contributed by atoms with van der Waals surface area (Å²) in [6.45, 7) is 1.94. The largest absolute Gasteiger partial charge is 0.409 e. The highest BCUT2D eigenvalue weighted by Gasteiger charge is 2.12. The maximum atomic E-state index is 8.85. The molecule has 0 amide bonds. The average Bonchev–Trinajstić information content (AvgIpc) is 2.69. The van der Waals surface area contributed by atoms with E-state index in [1.807, 2.05) is 38.2 Å². The lowest BCUT2D eigenvalue weighted by atomic mass is 10.2. The van der Waals surface area contributed by atoms with Crippen LogP contribution in [0.2, 0.25) is 0 Å². The summed E-state index contributed by atoms with van der Waals surface area (Å²) < 4.78 is 2.68. The Bertz CT molecular complexity index is 639. The van der Waals surface area contributed by atoms with Crippen molar-refractivity contribution >= 4 is 33.5 Å². The molecule has 0 spiro atoms. The molecule has 0 saturated heterocycles. The molecule has 0 radical (unpaired) electrons. The third kappa shape index (κ3) is 3.10. The zero-order valence-corrected chi connectivity index (χ0v) is 12.9. The van der Waals surface area contributed by atoms with Gasteiger partial charge in [0.05, 0.1) is 10.7 Å². The molecule has 0 fully saturated rings. The molecule has 2 rings (SSSR count). The van der Waals surface area contributed by atoms with E-state index in [0.717, 1.165) is 20.1 Å². The second-order valence-electron chi connectivity index (χ2n) is 3.98. The SMILES string of the molecule is Cc1cc(Sc2ccc(Br)cc2/C(N)=N/O)n(C)n1. The second-order valence-corrected chi connectivity index (χ2v) is 5.95. The van der Waals surface area contributed by atoms with Crippen molar-refractivity contribution in [3.8, 4) is 0 Å². The number of hydrogen-bond acceptors (Lipinski definition) is 4. The van der Waals surface area contributed by atoms with Crippen LogP contribution in [0.1, 0.15) is 11.3 Å². The van der Waals surface area contributed by atoms with Gasteiger partial charge >= 0.3 is 0 Å². The fourth-order valence-electron chi connectivity index (χ4n) is 1.64. The van der Waals surface area contributed by atoms with Gasteiger partial charge in [0.15, 0.2) is 5.84 Å². The summed E-state index contributed by atoms with van der Waals surface area (Å²) in [5.74, 6) is 0.0858. The van der Waals surface area contributed by atoms with E-state index in [1.54, 1.807) is 4.68 Å². The van der Waals surface area contributed by atoms with E-state index in [9.17, 15) is 0 Å². The van der Waals surface area contributed by atoms with Gasteiger partial charge in [-0.2, -0.15) is 5.10 Å².